The van der Waals surface area contributed by atoms with Gasteiger partial charge in [-0.15, -0.1) is 11.3 Å². The largest absolute Gasteiger partial charge is 0.497 e. The van der Waals surface area contributed by atoms with E-state index >= 15 is 0 Å². The molecule has 1 fully saturated rings. The molecule has 3 aromatic rings. The molecular weight excluding hydrogens is 432 g/mol. The normalized spacial score (nSPS) is 16.2. The zero-order valence-electron chi connectivity index (χ0n) is 17.5. The number of aromatic nitrogens is 1. The van der Waals surface area contributed by atoms with Crippen LogP contribution in [-0.4, -0.2) is 48.3 Å². The summed E-state index contributed by atoms with van der Waals surface area (Å²) in [6.45, 7) is 4.02. The fraction of sp³-hybridized carbons (Fsp3) is 0.318. The van der Waals surface area contributed by atoms with Crippen molar-refractivity contribution in [2.45, 2.75) is 10.3 Å². The number of benzene rings is 1. The Hall–Kier alpha value is -2.46. The first-order chi connectivity index (χ1) is 15.1. The van der Waals surface area contributed by atoms with Gasteiger partial charge in [0.1, 0.15) is 16.0 Å². The second kappa shape index (κ2) is 9.78. The van der Waals surface area contributed by atoms with Crippen molar-refractivity contribution in [3.63, 3.8) is 0 Å². The second-order valence-electron chi connectivity index (χ2n) is 7.52. The molecule has 1 unspecified atom stereocenters. The zero-order chi connectivity index (χ0) is 21.7. The first kappa shape index (κ1) is 21.8. The molecule has 0 bridgehead atoms. The van der Waals surface area contributed by atoms with Crippen molar-refractivity contribution in [3.8, 4) is 5.75 Å². The minimum Gasteiger partial charge on any atom is -0.497 e. The number of hydrogen-bond acceptors (Lipinski definition) is 5. The highest BCUT2D eigenvalue weighted by atomic mass is 32.2. The van der Waals surface area contributed by atoms with E-state index in [1.165, 1.54) is 21.9 Å². The summed E-state index contributed by atoms with van der Waals surface area (Å²) in [5, 5.41) is 1.78. The number of quaternary nitrogens is 1. The van der Waals surface area contributed by atoms with Crippen molar-refractivity contribution >= 4 is 27.0 Å². The highest BCUT2D eigenvalue weighted by Crippen LogP contribution is 2.20. The number of thiophene rings is 1. The van der Waals surface area contributed by atoms with Crippen LogP contribution < -0.4 is 24.2 Å². The number of nitrogens with zero attached hydrogens (tertiary/aromatic N) is 1. The number of ether oxygens (including phenoxy) is 1. The van der Waals surface area contributed by atoms with Crippen molar-refractivity contribution in [2.75, 3.05) is 44.7 Å². The van der Waals surface area contributed by atoms with E-state index in [-0.39, 0.29) is 6.04 Å². The zero-order valence-corrected chi connectivity index (χ0v) is 19.1. The molecule has 3 N–H and O–H groups in total. The fourth-order valence-corrected chi connectivity index (χ4v) is 6.08. The topological polar surface area (TPSA) is 77.2 Å². The molecule has 1 aromatic carbocycles. The van der Waals surface area contributed by atoms with E-state index in [0.717, 1.165) is 37.5 Å². The third kappa shape index (κ3) is 5.24. The van der Waals surface area contributed by atoms with Crippen molar-refractivity contribution in [2.24, 2.45) is 0 Å². The van der Waals surface area contributed by atoms with Crippen LogP contribution in [0.5, 0.6) is 5.75 Å². The number of anilines is 1. The van der Waals surface area contributed by atoms with Gasteiger partial charge in [0.15, 0.2) is 12.4 Å². The van der Waals surface area contributed by atoms with Gasteiger partial charge in [-0.1, -0.05) is 6.07 Å². The maximum atomic E-state index is 12.7. The van der Waals surface area contributed by atoms with Gasteiger partial charge in [0.2, 0.25) is 10.0 Å². The SMILES string of the molecule is COc1ccc(N2CC[NH+](C(CNS(=O)(=O)c3cccs3)c3ccc[nH+]c3)CC2)cc1. The molecule has 0 spiro atoms. The van der Waals surface area contributed by atoms with Crippen molar-refractivity contribution in [1.29, 1.82) is 0 Å². The van der Waals surface area contributed by atoms with Crippen LogP contribution in [0.3, 0.4) is 0 Å². The van der Waals surface area contributed by atoms with E-state index in [0.29, 0.717) is 10.8 Å². The third-order valence-corrected chi connectivity index (χ3v) is 8.53. The number of aromatic amines is 1. The predicted octanol–water partition coefficient (Wildman–Crippen LogP) is 0.996. The van der Waals surface area contributed by atoms with Gasteiger partial charge < -0.3 is 14.5 Å². The van der Waals surface area contributed by atoms with Crippen LogP contribution in [0.1, 0.15) is 11.6 Å². The van der Waals surface area contributed by atoms with E-state index in [4.69, 9.17) is 4.74 Å². The van der Waals surface area contributed by atoms with Crippen molar-refractivity contribution < 1.29 is 23.0 Å². The van der Waals surface area contributed by atoms with Gasteiger partial charge in [0.25, 0.3) is 0 Å². The van der Waals surface area contributed by atoms with E-state index < -0.39 is 10.0 Å². The maximum absolute atomic E-state index is 12.7. The third-order valence-electron chi connectivity index (χ3n) is 5.71. The van der Waals surface area contributed by atoms with Crippen molar-refractivity contribution in [3.05, 3.63) is 71.9 Å². The maximum Gasteiger partial charge on any atom is 0.250 e. The van der Waals surface area contributed by atoms with Gasteiger partial charge in [-0.05, 0) is 41.8 Å². The number of sulfonamides is 1. The Kier molecular flexibility index (Phi) is 6.86. The molecule has 7 nitrogen and oxygen atoms in total. The molecule has 31 heavy (non-hydrogen) atoms. The average molecular weight is 461 g/mol. The van der Waals surface area contributed by atoms with Crippen LogP contribution in [0.25, 0.3) is 0 Å². The molecule has 1 saturated heterocycles. The molecule has 9 heteroatoms. The molecular formula is C22H28N4O3S2+2. The Morgan fingerprint density at radius 1 is 1.16 bits per heavy atom. The lowest BCUT2D eigenvalue weighted by atomic mass is 10.1. The van der Waals surface area contributed by atoms with E-state index in [1.807, 2.05) is 30.6 Å². The van der Waals surface area contributed by atoms with E-state index in [1.54, 1.807) is 24.6 Å². The number of piperazine rings is 1. The minimum absolute atomic E-state index is 0.0326. The molecule has 4 rings (SSSR count). The summed E-state index contributed by atoms with van der Waals surface area (Å²) in [6.07, 6.45) is 3.83. The summed E-state index contributed by atoms with van der Waals surface area (Å²) >= 11 is 1.23. The van der Waals surface area contributed by atoms with Gasteiger partial charge in [0.05, 0.1) is 45.4 Å². The highest BCUT2D eigenvalue weighted by molar-refractivity contribution is 7.91. The lowest BCUT2D eigenvalue weighted by molar-refractivity contribution is -0.931. The first-order valence-corrected chi connectivity index (χ1v) is 12.7. The number of methoxy groups -OCH3 is 1. The Labute approximate surface area is 187 Å². The quantitative estimate of drug-likeness (QED) is 0.526. The molecule has 0 amide bonds. The van der Waals surface area contributed by atoms with Gasteiger partial charge in [-0.3, -0.25) is 0 Å². The summed E-state index contributed by atoms with van der Waals surface area (Å²) in [4.78, 5) is 6.88. The smallest absolute Gasteiger partial charge is 0.250 e. The molecule has 1 aliphatic heterocycles. The minimum atomic E-state index is -3.50. The van der Waals surface area contributed by atoms with Crippen LogP contribution in [0.15, 0.2) is 70.5 Å². The number of nitrogens with one attached hydrogen (secondary N) is 3. The van der Waals surface area contributed by atoms with Crippen LogP contribution in [0.4, 0.5) is 5.69 Å². The Balaban J connectivity index is 1.45. The highest BCUT2D eigenvalue weighted by Gasteiger charge is 2.31. The predicted molar refractivity (Wildman–Crippen MR) is 121 cm³/mol. The number of pyridine rings is 1. The second-order valence-corrected chi connectivity index (χ2v) is 10.5. The summed E-state index contributed by atoms with van der Waals surface area (Å²) in [7, 11) is -1.82. The lowest BCUT2D eigenvalue weighted by Gasteiger charge is -2.37. The monoisotopic (exact) mass is 460 g/mol. The summed E-state index contributed by atoms with van der Waals surface area (Å²) in [5.41, 5.74) is 2.28. The van der Waals surface area contributed by atoms with Gasteiger partial charge in [-0.2, -0.15) is 0 Å². The summed E-state index contributed by atoms with van der Waals surface area (Å²) in [6, 6.07) is 15.6. The standard InChI is InChI=1S/C22H26N4O3S2/c1-29-20-8-6-19(7-9-20)25-11-13-26(14-12-25)21(18-4-2-10-23-16-18)17-24-31(27,28)22-5-3-15-30-22/h2-10,15-16,21,24H,11-14,17H2,1H3/p+2. The molecule has 0 radical (unpaired) electrons. The molecule has 2 aromatic heterocycles. The summed E-state index contributed by atoms with van der Waals surface area (Å²) in [5.74, 6) is 0.853. The molecule has 0 saturated carbocycles. The Morgan fingerprint density at radius 3 is 2.55 bits per heavy atom. The van der Waals surface area contributed by atoms with Crippen molar-refractivity contribution in [1.82, 2.24) is 4.72 Å². The average Bonchev–Trinajstić information content (AvgIpc) is 3.37. The number of rotatable bonds is 8. The Morgan fingerprint density at radius 2 is 1.94 bits per heavy atom. The van der Waals surface area contributed by atoms with Gasteiger partial charge >= 0.3 is 0 Å². The number of H-pyrrole nitrogens is 1. The summed E-state index contributed by atoms with van der Waals surface area (Å²) < 4.78 is 33.8. The Bertz CT molecular complexity index is 1050. The molecule has 164 valence electrons. The van der Waals surface area contributed by atoms with Crippen LogP contribution >= 0.6 is 11.3 Å². The van der Waals surface area contributed by atoms with E-state index in [9.17, 15) is 8.42 Å². The van der Waals surface area contributed by atoms with Gasteiger partial charge in [0, 0.05) is 11.8 Å². The molecule has 1 atom stereocenters. The molecule has 3 heterocycles. The van der Waals surface area contributed by atoms with Crippen LogP contribution in [0, 0.1) is 0 Å². The number of hydrogen-bond donors (Lipinski definition) is 2. The molecule has 1 aliphatic rings. The first-order valence-electron chi connectivity index (χ1n) is 10.3. The van der Waals surface area contributed by atoms with Crippen LogP contribution in [0.2, 0.25) is 0 Å². The van der Waals surface area contributed by atoms with E-state index in [2.05, 4.69) is 32.8 Å². The van der Waals surface area contributed by atoms with Crippen LogP contribution in [-0.2, 0) is 10.0 Å². The fourth-order valence-electron chi connectivity index (χ4n) is 4.00. The lowest BCUT2D eigenvalue weighted by Crippen LogP contribution is -3.15. The molecule has 0 aliphatic carbocycles. The van der Waals surface area contributed by atoms with Gasteiger partial charge in [-0.25, -0.2) is 18.1 Å².